The summed E-state index contributed by atoms with van der Waals surface area (Å²) >= 11 is 0. The van der Waals surface area contributed by atoms with E-state index in [9.17, 15) is 13.6 Å². The van der Waals surface area contributed by atoms with Crippen LogP contribution in [0.25, 0.3) is 0 Å². The molecule has 0 spiro atoms. The Labute approximate surface area is 123 Å². The van der Waals surface area contributed by atoms with Crippen molar-refractivity contribution in [3.63, 3.8) is 0 Å². The van der Waals surface area contributed by atoms with Crippen LogP contribution < -0.4 is 5.32 Å². The Bertz CT molecular complexity index is 500. The van der Waals surface area contributed by atoms with Crippen molar-refractivity contribution in [2.45, 2.75) is 13.8 Å². The van der Waals surface area contributed by atoms with Crippen molar-refractivity contribution in [3.8, 4) is 0 Å². The van der Waals surface area contributed by atoms with Gasteiger partial charge in [0, 0.05) is 44.5 Å². The molecule has 0 bridgehead atoms. The normalized spacial score (nSPS) is 16.3. The van der Waals surface area contributed by atoms with Crippen LogP contribution in [0.1, 0.15) is 13.8 Å². The Morgan fingerprint density at radius 3 is 2.43 bits per heavy atom. The minimum atomic E-state index is -0.963. The van der Waals surface area contributed by atoms with Gasteiger partial charge in [-0.1, -0.05) is 13.8 Å². The molecule has 1 N–H and O–H groups in total. The van der Waals surface area contributed by atoms with E-state index in [1.54, 1.807) is 4.90 Å². The molecule has 116 valence electrons. The van der Waals surface area contributed by atoms with Crippen LogP contribution >= 0.6 is 0 Å². The summed E-state index contributed by atoms with van der Waals surface area (Å²) < 4.78 is 25.9. The lowest BCUT2D eigenvalue weighted by atomic mass is 10.2. The van der Waals surface area contributed by atoms with Gasteiger partial charge in [-0.15, -0.1) is 0 Å². The molecule has 2 amide bonds. The number of rotatable bonds is 3. The van der Waals surface area contributed by atoms with E-state index < -0.39 is 11.6 Å². The van der Waals surface area contributed by atoms with Crippen molar-refractivity contribution < 1.29 is 13.6 Å². The van der Waals surface area contributed by atoms with Gasteiger partial charge in [-0.25, -0.2) is 13.6 Å². The number of carbonyl (C=O) groups excluding carboxylic acids is 1. The second-order valence-corrected chi connectivity index (χ2v) is 5.74. The number of carbonyl (C=O) groups is 1. The third-order valence-electron chi connectivity index (χ3n) is 3.45. The molecule has 0 unspecified atom stereocenters. The second kappa shape index (κ2) is 6.85. The summed E-state index contributed by atoms with van der Waals surface area (Å²) in [4.78, 5) is 16.1. The van der Waals surface area contributed by atoms with Gasteiger partial charge >= 0.3 is 6.03 Å². The van der Waals surface area contributed by atoms with Gasteiger partial charge < -0.3 is 10.2 Å². The van der Waals surface area contributed by atoms with Gasteiger partial charge in [0.05, 0.1) is 0 Å². The quantitative estimate of drug-likeness (QED) is 0.931. The van der Waals surface area contributed by atoms with Crippen LogP contribution in [-0.4, -0.2) is 48.6 Å². The monoisotopic (exact) mass is 297 g/mol. The van der Waals surface area contributed by atoms with E-state index in [0.717, 1.165) is 31.8 Å². The highest BCUT2D eigenvalue weighted by atomic mass is 19.2. The van der Waals surface area contributed by atoms with Gasteiger partial charge in [0.15, 0.2) is 11.6 Å². The van der Waals surface area contributed by atoms with E-state index in [-0.39, 0.29) is 11.7 Å². The summed E-state index contributed by atoms with van der Waals surface area (Å²) in [5.41, 5.74) is 0.267. The Kier molecular flexibility index (Phi) is 5.12. The first kappa shape index (κ1) is 15.7. The highest BCUT2D eigenvalue weighted by molar-refractivity contribution is 5.89. The Morgan fingerprint density at radius 2 is 1.86 bits per heavy atom. The predicted octanol–water partition coefficient (Wildman–Crippen LogP) is 2.77. The first-order chi connectivity index (χ1) is 9.95. The number of nitrogens with zero attached hydrogens (tertiary/aromatic N) is 2. The molecule has 1 aromatic rings. The third kappa shape index (κ3) is 4.39. The zero-order valence-corrected chi connectivity index (χ0v) is 12.4. The Morgan fingerprint density at radius 1 is 1.19 bits per heavy atom. The minimum absolute atomic E-state index is 0.267. The van der Waals surface area contributed by atoms with E-state index in [2.05, 4.69) is 24.1 Å². The molecule has 1 aromatic carbocycles. The number of halogens is 2. The maximum absolute atomic E-state index is 13.1. The van der Waals surface area contributed by atoms with Crippen molar-refractivity contribution in [3.05, 3.63) is 29.8 Å². The SMILES string of the molecule is CC(C)CN1CCN(C(=O)Nc2ccc(F)c(F)c2)CC1. The van der Waals surface area contributed by atoms with Crippen LogP contribution in [0.4, 0.5) is 19.3 Å². The summed E-state index contributed by atoms with van der Waals surface area (Å²) in [6, 6.07) is 3.07. The fourth-order valence-electron chi connectivity index (χ4n) is 2.43. The average molecular weight is 297 g/mol. The smallest absolute Gasteiger partial charge is 0.321 e. The molecule has 0 radical (unpaired) electrons. The maximum atomic E-state index is 13.1. The van der Waals surface area contributed by atoms with Crippen LogP contribution in [-0.2, 0) is 0 Å². The number of amides is 2. The molecule has 4 nitrogen and oxygen atoms in total. The molecule has 6 heteroatoms. The topological polar surface area (TPSA) is 35.6 Å². The number of piperazine rings is 1. The number of benzene rings is 1. The van der Waals surface area contributed by atoms with E-state index in [1.807, 2.05) is 0 Å². The summed E-state index contributed by atoms with van der Waals surface area (Å²) in [6.45, 7) is 8.32. The Hall–Kier alpha value is -1.69. The largest absolute Gasteiger partial charge is 0.322 e. The van der Waals surface area contributed by atoms with Crippen molar-refractivity contribution in [1.29, 1.82) is 0 Å². The number of hydrogen-bond acceptors (Lipinski definition) is 2. The first-order valence-electron chi connectivity index (χ1n) is 7.19. The molecular formula is C15H21F2N3O. The van der Waals surface area contributed by atoms with Crippen LogP contribution in [0.3, 0.4) is 0 Å². The molecule has 0 aliphatic carbocycles. The van der Waals surface area contributed by atoms with Gasteiger partial charge in [0.2, 0.25) is 0 Å². The summed E-state index contributed by atoms with van der Waals surface area (Å²) in [5.74, 6) is -1.28. The van der Waals surface area contributed by atoms with Crippen LogP contribution in [0.15, 0.2) is 18.2 Å². The number of urea groups is 1. The zero-order chi connectivity index (χ0) is 15.4. The van der Waals surface area contributed by atoms with Crippen molar-refractivity contribution >= 4 is 11.7 Å². The van der Waals surface area contributed by atoms with Crippen LogP contribution in [0, 0.1) is 17.6 Å². The van der Waals surface area contributed by atoms with E-state index in [1.165, 1.54) is 6.07 Å². The van der Waals surface area contributed by atoms with Gasteiger partial charge in [-0.2, -0.15) is 0 Å². The van der Waals surface area contributed by atoms with Crippen LogP contribution in [0.5, 0.6) is 0 Å². The lowest BCUT2D eigenvalue weighted by molar-refractivity contribution is 0.138. The van der Waals surface area contributed by atoms with Gasteiger partial charge in [0.25, 0.3) is 0 Å². The molecule has 1 aliphatic rings. The molecule has 0 saturated carbocycles. The predicted molar refractivity (Wildman–Crippen MR) is 78.2 cm³/mol. The zero-order valence-electron chi connectivity index (χ0n) is 12.4. The minimum Gasteiger partial charge on any atom is -0.322 e. The molecule has 0 aromatic heterocycles. The lowest BCUT2D eigenvalue weighted by Crippen LogP contribution is -2.50. The highest BCUT2D eigenvalue weighted by Gasteiger charge is 2.21. The van der Waals surface area contributed by atoms with Gasteiger partial charge in [-0.05, 0) is 18.1 Å². The van der Waals surface area contributed by atoms with Gasteiger partial charge in [-0.3, -0.25) is 4.90 Å². The van der Waals surface area contributed by atoms with E-state index >= 15 is 0 Å². The number of anilines is 1. The molecular weight excluding hydrogens is 276 g/mol. The maximum Gasteiger partial charge on any atom is 0.321 e. The van der Waals surface area contributed by atoms with Crippen molar-refractivity contribution in [2.75, 3.05) is 38.0 Å². The fourth-order valence-corrected chi connectivity index (χ4v) is 2.43. The van der Waals surface area contributed by atoms with E-state index in [0.29, 0.717) is 19.0 Å². The molecule has 0 atom stereocenters. The second-order valence-electron chi connectivity index (χ2n) is 5.74. The van der Waals surface area contributed by atoms with Crippen LogP contribution in [0.2, 0.25) is 0 Å². The molecule has 2 rings (SSSR count). The fraction of sp³-hybridized carbons (Fsp3) is 0.533. The summed E-state index contributed by atoms with van der Waals surface area (Å²) in [5, 5.41) is 2.60. The Balaban J connectivity index is 1.86. The number of hydrogen-bond donors (Lipinski definition) is 1. The standard InChI is InChI=1S/C15H21F2N3O/c1-11(2)10-19-5-7-20(8-6-19)15(21)18-12-3-4-13(16)14(17)9-12/h3-4,9,11H,5-8,10H2,1-2H3,(H,18,21). The molecule has 1 saturated heterocycles. The summed E-state index contributed by atoms with van der Waals surface area (Å²) in [7, 11) is 0. The highest BCUT2D eigenvalue weighted by Crippen LogP contribution is 2.14. The van der Waals surface area contributed by atoms with Gasteiger partial charge in [0.1, 0.15) is 0 Å². The summed E-state index contributed by atoms with van der Waals surface area (Å²) in [6.07, 6.45) is 0. The molecule has 1 aliphatic heterocycles. The molecule has 21 heavy (non-hydrogen) atoms. The average Bonchev–Trinajstić information content (AvgIpc) is 2.43. The van der Waals surface area contributed by atoms with E-state index in [4.69, 9.17) is 0 Å². The first-order valence-corrected chi connectivity index (χ1v) is 7.19. The molecule has 1 fully saturated rings. The third-order valence-corrected chi connectivity index (χ3v) is 3.45. The number of nitrogens with one attached hydrogen (secondary N) is 1. The van der Waals surface area contributed by atoms with Crippen molar-refractivity contribution in [2.24, 2.45) is 5.92 Å². The molecule has 1 heterocycles. The van der Waals surface area contributed by atoms with Crippen molar-refractivity contribution in [1.82, 2.24) is 9.80 Å². The lowest BCUT2D eigenvalue weighted by Gasteiger charge is -2.35.